The Labute approximate surface area is 169 Å². The molecule has 2 aliphatic heterocycles. The summed E-state index contributed by atoms with van der Waals surface area (Å²) >= 11 is 0. The first kappa shape index (κ1) is 19.6. The summed E-state index contributed by atoms with van der Waals surface area (Å²) in [6, 6.07) is 6.66. The van der Waals surface area contributed by atoms with E-state index in [0.29, 0.717) is 26.1 Å². The first-order valence-corrected chi connectivity index (χ1v) is 10.1. The van der Waals surface area contributed by atoms with Gasteiger partial charge in [0.25, 0.3) is 5.91 Å². The fourth-order valence-corrected chi connectivity index (χ4v) is 3.86. The number of piperazine rings is 1. The molecule has 1 aromatic carbocycles. The number of rotatable bonds is 5. The molecule has 0 radical (unpaired) electrons. The highest BCUT2D eigenvalue weighted by molar-refractivity contribution is 6.04. The minimum absolute atomic E-state index is 0.0188. The van der Waals surface area contributed by atoms with E-state index < -0.39 is 6.10 Å². The van der Waals surface area contributed by atoms with E-state index >= 15 is 0 Å². The van der Waals surface area contributed by atoms with E-state index in [1.54, 1.807) is 12.1 Å². The number of carbonyl (C=O) groups excluding carboxylic acids is 1. The Morgan fingerprint density at radius 1 is 1.28 bits per heavy atom. The summed E-state index contributed by atoms with van der Waals surface area (Å²) in [6.45, 7) is 8.23. The normalized spacial score (nSPS) is 19.9. The fourth-order valence-electron chi connectivity index (χ4n) is 3.86. The second kappa shape index (κ2) is 8.32. The number of hydrogen-bond acceptors (Lipinski definition) is 5. The average Bonchev–Trinajstić information content (AvgIpc) is 3.34. The van der Waals surface area contributed by atoms with Crippen LogP contribution in [0.5, 0.6) is 0 Å². The Balaban J connectivity index is 1.29. The molecule has 0 spiro atoms. The Morgan fingerprint density at radius 2 is 2.07 bits per heavy atom. The van der Waals surface area contributed by atoms with E-state index in [9.17, 15) is 9.18 Å². The first-order valence-electron chi connectivity index (χ1n) is 10.1. The van der Waals surface area contributed by atoms with Crippen molar-refractivity contribution in [1.29, 1.82) is 0 Å². The Kier molecular flexibility index (Phi) is 5.62. The molecule has 0 aliphatic carbocycles. The second-order valence-electron chi connectivity index (χ2n) is 7.55. The van der Waals surface area contributed by atoms with E-state index in [1.165, 1.54) is 6.07 Å². The molecule has 1 atom stereocenters. The number of amides is 1. The van der Waals surface area contributed by atoms with Gasteiger partial charge in [0, 0.05) is 57.4 Å². The van der Waals surface area contributed by atoms with E-state index in [2.05, 4.69) is 15.2 Å². The van der Waals surface area contributed by atoms with Gasteiger partial charge >= 0.3 is 0 Å². The molecule has 1 amide bonds. The van der Waals surface area contributed by atoms with Gasteiger partial charge in [0.05, 0.1) is 11.4 Å². The summed E-state index contributed by atoms with van der Waals surface area (Å²) in [6.07, 6.45) is 1.86. The van der Waals surface area contributed by atoms with E-state index in [0.717, 1.165) is 42.2 Å². The van der Waals surface area contributed by atoms with Crippen molar-refractivity contribution in [3.63, 3.8) is 0 Å². The largest absolute Gasteiger partial charge is 0.382 e. The van der Waals surface area contributed by atoms with Crippen LogP contribution in [0.2, 0.25) is 0 Å². The van der Waals surface area contributed by atoms with E-state index in [4.69, 9.17) is 4.84 Å². The number of aryl methyl sites for hydroxylation is 2. The maximum atomic E-state index is 13.4. The predicted octanol–water partition coefficient (Wildman–Crippen LogP) is 2.19. The maximum Gasteiger partial charge on any atom is 0.266 e. The van der Waals surface area contributed by atoms with Gasteiger partial charge in [0.1, 0.15) is 5.82 Å². The second-order valence-corrected chi connectivity index (χ2v) is 7.55. The SMILES string of the molecule is CCn1cc(C2=NOC(C(=O)N3CCN(Cc4cccc(F)c4)CC3)C2)c(C)n1. The van der Waals surface area contributed by atoms with Crippen LogP contribution in [0.3, 0.4) is 0 Å². The molecule has 2 aromatic rings. The summed E-state index contributed by atoms with van der Waals surface area (Å²) in [4.78, 5) is 22.4. The minimum atomic E-state index is -0.566. The smallest absolute Gasteiger partial charge is 0.266 e. The van der Waals surface area contributed by atoms with Crippen molar-refractivity contribution in [2.45, 2.75) is 39.5 Å². The van der Waals surface area contributed by atoms with Crippen molar-refractivity contribution in [1.82, 2.24) is 19.6 Å². The summed E-state index contributed by atoms with van der Waals surface area (Å²) in [5, 5.41) is 8.60. The molecule has 8 heteroatoms. The average molecular weight is 399 g/mol. The predicted molar refractivity (Wildman–Crippen MR) is 107 cm³/mol. The highest BCUT2D eigenvalue weighted by Gasteiger charge is 2.34. The minimum Gasteiger partial charge on any atom is -0.382 e. The lowest BCUT2D eigenvalue weighted by molar-refractivity contribution is -0.143. The molecule has 1 saturated heterocycles. The fraction of sp³-hybridized carbons (Fsp3) is 0.476. The van der Waals surface area contributed by atoms with Crippen LogP contribution < -0.4 is 0 Å². The van der Waals surface area contributed by atoms with Crippen LogP contribution in [-0.4, -0.2) is 63.5 Å². The Morgan fingerprint density at radius 3 is 2.76 bits per heavy atom. The van der Waals surface area contributed by atoms with Gasteiger partial charge in [-0.15, -0.1) is 0 Å². The van der Waals surface area contributed by atoms with Crippen molar-refractivity contribution < 1.29 is 14.0 Å². The molecule has 1 fully saturated rings. The van der Waals surface area contributed by atoms with Gasteiger partial charge in [-0.2, -0.15) is 5.10 Å². The van der Waals surface area contributed by atoms with Crippen LogP contribution >= 0.6 is 0 Å². The summed E-state index contributed by atoms with van der Waals surface area (Å²) in [5.41, 5.74) is 3.57. The van der Waals surface area contributed by atoms with Crippen molar-refractivity contribution in [3.05, 3.63) is 53.1 Å². The van der Waals surface area contributed by atoms with Crippen molar-refractivity contribution in [2.75, 3.05) is 26.2 Å². The van der Waals surface area contributed by atoms with Crippen molar-refractivity contribution in [2.24, 2.45) is 5.16 Å². The molecule has 3 heterocycles. The van der Waals surface area contributed by atoms with Crippen LogP contribution in [0.1, 0.15) is 30.2 Å². The summed E-state index contributed by atoms with van der Waals surface area (Å²) in [5.74, 6) is -0.236. The number of nitrogens with zero attached hydrogens (tertiary/aromatic N) is 5. The maximum absolute atomic E-state index is 13.4. The number of aromatic nitrogens is 2. The lowest BCUT2D eigenvalue weighted by Crippen LogP contribution is -2.51. The zero-order chi connectivity index (χ0) is 20.4. The van der Waals surface area contributed by atoms with Crippen LogP contribution in [0.4, 0.5) is 4.39 Å². The number of benzene rings is 1. The lowest BCUT2D eigenvalue weighted by Gasteiger charge is -2.35. The topological polar surface area (TPSA) is 63.0 Å². The highest BCUT2D eigenvalue weighted by Crippen LogP contribution is 2.21. The number of halogens is 1. The van der Waals surface area contributed by atoms with Gasteiger partial charge in [-0.3, -0.25) is 14.4 Å². The quantitative estimate of drug-likeness (QED) is 0.773. The summed E-state index contributed by atoms with van der Waals surface area (Å²) < 4.78 is 15.2. The van der Waals surface area contributed by atoms with E-state index in [-0.39, 0.29) is 11.7 Å². The zero-order valence-corrected chi connectivity index (χ0v) is 16.8. The molecule has 29 heavy (non-hydrogen) atoms. The highest BCUT2D eigenvalue weighted by atomic mass is 19.1. The molecule has 0 bridgehead atoms. The van der Waals surface area contributed by atoms with Crippen molar-refractivity contribution in [3.8, 4) is 0 Å². The van der Waals surface area contributed by atoms with E-state index in [1.807, 2.05) is 35.7 Å². The number of hydrogen-bond donors (Lipinski definition) is 0. The van der Waals surface area contributed by atoms with Gasteiger partial charge in [0.15, 0.2) is 0 Å². The van der Waals surface area contributed by atoms with Gasteiger partial charge in [-0.05, 0) is 31.5 Å². The van der Waals surface area contributed by atoms with Crippen molar-refractivity contribution >= 4 is 11.6 Å². The third kappa shape index (κ3) is 4.32. The van der Waals surface area contributed by atoms with Crippen LogP contribution in [0.15, 0.2) is 35.6 Å². The standard InChI is InChI=1S/C21H26FN5O2/c1-3-27-14-18(15(2)23-27)19-12-20(29-24-19)21(28)26-9-7-25(8-10-26)13-16-5-4-6-17(22)11-16/h4-6,11,14,20H,3,7-10,12-13H2,1-2H3. The van der Waals surface area contributed by atoms with Gasteiger partial charge in [0.2, 0.25) is 6.10 Å². The zero-order valence-electron chi connectivity index (χ0n) is 16.8. The number of oxime groups is 1. The molecule has 2 aliphatic rings. The first-order chi connectivity index (χ1) is 14.0. The lowest BCUT2D eigenvalue weighted by atomic mass is 10.1. The molecule has 154 valence electrons. The summed E-state index contributed by atoms with van der Waals surface area (Å²) in [7, 11) is 0. The monoisotopic (exact) mass is 399 g/mol. The van der Waals surface area contributed by atoms with Gasteiger partial charge in [-0.25, -0.2) is 4.39 Å². The molecule has 1 aromatic heterocycles. The third-order valence-corrected chi connectivity index (χ3v) is 5.50. The molecule has 1 unspecified atom stereocenters. The molecule has 0 N–H and O–H groups in total. The van der Waals surface area contributed by atoms with Gasteiger partial charge in [-0.1, -0.05) is 17.3 Å². The van der Waals surface area contributed by atoms with Crippen LogP contribution in [0.25, 0.3) is 0 Å². The molecular formula is C21H26FN5O2. The molecule has 0 saturated carbocycles. The molecular weight excluding hydrogens is 373 g/mol. The Bertz CT molecular complexity index is 918. The van der Waals surface area contributed by atoms with Crippen LogP contribution in [-0.2, 0) is 22.7 Å². The van der Waals surface area contributed by atoms with Gasteiger partial charge < -0.3 is 9.74 Å². The van der Waals surface area contributed by atoms with Crippen LogP contribution in [0, 0.1) is 12.7 Å². The Hall–Kier alpha value is -2.74. The molecule has 7 nitrogen and oxygen atoms in total. The molecule has 4 rings (SSSR count). The number of carbonyl (C=O) groups is 1. The third-order valence-electron chi connectivity index (χ3n) is 5.50.